The first-order valence-electron chi connectivity index (χ1n) is 8.08. The van der Waals surface area contributed by atoms with Gasteiger partial charge in [-0.05, 0) is 37.5 Å². The molecule has 2 aliphatic carbocycles. The Bertz CT molecular complexity index is 261. The van der Waals surface area contributed by atoms with Crippen LogP contribution >= 0.6 is 0 Å². The molecule has 0 amide bonds. The Balaban J connectivity index is 1.55. The minimum absolute atomic E-state index is 0.356. The highest BCUT2D eigenvalue weighted by molar-refractivity contribution is 4.86. The van der Waals surface area contributed by atoms with Crippen molar-refractivity contribution in [1.82, 2.24) is 5.32 Å². The van der Waals surface area contributed by atoms with Gasteiger partial charge in [0.25, 0.3) is 0 Å². The van der Waals surface area contributed by atoms with Crippen LogP contribution in [0.3, 0.4) is 0 Å². The highest BCUT2D eigenvalue weighted by atomic mass is 16.5. The van der Waals surface area contributed by atoms with Crippen molar-refractivity contribution in [3.8, 4) is 0 Å². The van der Waals surface area contributed by atoms with E-state index in [1.54, 1.807) is 0 Å². The highest BCUT2D eigenvalue weighted by Crippen LogP contribution is 2.36. The first kappa shape index (κ1) is 15.3. The number of aliphatic hydroxyl groups excluding tert-OH is 1. The molecule has 0 saturated heterocycles. The van der Waals surface area contributed by atoms with E-state index < -0.39 is 0 Å². The molecule has 2 rings (SSSR count). The maximum atomic E-state index is 9.98. The van der Waals surface area contributed by atoms with Gasteiger partial charge in [0.15, 0.2) is 0 Å². The Hall–Kier alpha value is -0.120. The van der Waals surface area contributed by atoms with E-state index in [0.717, 1.165) is 0 Å². The van der Waals surface area contributed by atoms with Crippen LogP contribution in [0.1, 0.15) is 65.2 Å². The van der Waals surface area contributed by atoms with Crippen LogP contribution < -0.4 is 5.32 Å². The van der Waals surface area contributed by atoms with Crippen molar-refractivity contribution >= 4 is 0 Å². The van der Waals surface area contributed by atoms with Gasteiger partial charge >= 0.3 is 0 Å². The van der Waals surface area contributed by atoms with Crippen LogP contribution in [-0.2, 0) is 4.74 Å². The van der Waals surface area contributed by atoms with Crippen molar-refractivity contribution in [2.45, 2.75) is 83.5 Å². The number of hydrogen-bond donors (Lipinski definition) is 2. The van der Waals surface area contributed by atoms with Crippen LogP contribution in [0.5, 0.6) is 0 Å². The molecule has 112 valence electrons. The lowest BCUT2D eigenvalue weighted by Gasteiger charge is -2.24. The monoisotopic (exact) mass is 269 g/mol. The molecule has 0 bridgehead atoms. The normalized spacial score (nSPS) is 29.5. The molecule has 0 aromatic heterocycles. The summed E-state index contributed by atoms with van der Waals surface area (Å²) in [6, 6.07) is 0.583. The fourth-order valence-electron chi connectivity index (χ4n) is 3.45. The zero-order valence-corrected chi connectivity index (χ0v) is 12.7. The Kier molecular flexibility index (Phi) is 5.67. The van der Waals surface area contributed by atoms with E-state index in [-0.39, 0.29) is 6.10 Å². The fraction of sp³-hybridized carbons (Fsp3) is 1.00. The molecule has 2 atom stereocenters. The van der Waals surface area contributed by atoms with Gasteiger partial charge in [-0.25, -0.2) is 0 Å². The first-order valence-corrected chi connectivity index (χ1v) is 8.08. The third-order valence-electron chi connectivity index (χ3n) is 4.69. The van der Waals surface area contributed by atoms with Crippen LogP contribution in [0.4, 0.5) is 0 Å². The largest absolute Gasteiger partial charge is 0.389 e. The Labute approximate surface area is 118 Å². The molecule has 0 aromatic rings. The van der Waals surface area contributed by atoms with Crippen molar-refractivity contribution in [3.63, 3.8) is 0 Å². The van der Waals surface area contributed by atoms with Gasteiger partial charge in [0.1, 0.15) is 0 Å². The molecule has 2 saturated carbocycles. The number of hydrogen-bond acceptors (Lipinski definition) is 3. The van der Waals surface area contributed by atoms with E-state index >= 15 is 0 Å². The number of ether oxygens (including phenoxy) is 1. The smallest absolute Gasteiger partial charge is 0.0897 e. The van der Waals surface area contributed by atoms with Gasteiger partial charge in [-0.3, -0.25) is 0 Å². The van der Waals surface area contributed by atoms with Gasteiger partial charge in [-0.15, -0.1) is 0 Å². The molecule has 0 heterocycles. The van der Waals surface area contributed by atoms with E-state index in [1.165, 1.54) is 51.4 Å². The van der Waals surface area contributed by atoms with Gasteiger partial charge in [0.2, 0.25) is 0 Å². The maximum absolute atomic E-state index is 9.98. The lowest BCUT2D eigenvalue weighted by atomic mass is 9.92. The second-order valence-electron chi connectivity index (χ2n) is 7.26. The molecule has 0 radical (unpaired) electrons. The minimum atomic E-state index is -0.356. The van der Waals surface area contributed by atoms with Crippen LogP contribution in [0.25, 0.3) is 0 Å². The molecule has 2 aliphatic rings. The Morgan fingerprint density at radius 3 is 2.58 bits per heavy atom. The second-order valence-corrected chi connectivity index (χ2v) is 7.26. The summed E-state index contributed by atoms with van der Waals surface area (Å²) in [6.07, 6.45) is 10.1. The number of aliphatic hydroxyl groups is 1. The van der Waals surface area contributed by atoms with Gasteiger partial charge in [-0.2, -0.15) is 0 Å². The summed E-state index contributed by atoms with van der Waals surface area (Å²) < 4.78 is 5.81. The van der Waals surface area contributed by atoms with Crippen LogP contribution in [-0.4, -0.2) is 36.5 Å². The summed E-state index contributed by atoms with van der Waals surface area (Å²) in [7, 11) is 0. The first-order chi connectivity index (χ1) is 9.05. The van der Waals surface area contributed by atoms with Crippen LogP contribution in [0, 0.1) is 5.41 Å². The van der Waals surface area contributed by atoms with Crippen molar-refractivity contribution < 1.29 is 9.84 Å². The van der Waals surface area contributed by atoms with Crippen LogP contribution in [0.2, 0.25) is 0 Å². The zero-order valence-electron chi connectivity index (χ0n) is 12.7. The van der Waals surface area contributed by atoms with Crippen molar-refractivity contribution in [2.75, 3.05) is 13.2 Å². The molecule has 0 aromatic carbocycles. The van der Waals surface area contributed by atoms with E-state index in [4.69, 9.17) is 4.74 Å². The number of nitrogens with one attached hydrogen (secondary N) is 1. The van der Waals surface area contributed by atoms with Crippen molar-refractivity contribution in [1.29, 1.82) is 0 Å². The Morgan fingerprint density at radius 2 is 1.95 bits per heavy atom. The molecule has 0 aliphatic heterocycles. The van der Waals surface area contributed by atoms with Gasteiger partial charge in [0, 0.05) is 12.6 Å². The van der Waals surface area contributed by atoms with Crippen molar-refractivity contribution in [2.24, 2.45) is 5.41 Å². The van der Waals surface area contributed by atoms with Crippen molar-refractivity contribution in [3.05, 3.63) is 0 Å². The van der Waals surface area contributed by atoms with E-state index in [1.807, 2.05) is 0 Å². The molecule has 3 heteroatoms. The molecule has 2 N–H and O–H groups in total. The summed E-state index contributed by atoms with van der Waals surface area (Å²) in [6.45, 7) is 5.83. The Morgan fingerprint density at radius 1 is 1.21 bits per heavy atom. The average Bonchev–Trinajstić information content (AvgIpc) is 2.75. The second kappa shape index (κ2) is 7.05. The molecule has 19 heavy (non-hydrogen) atoms. The van der Waals surface area contributed by atoms with Gasteiger partial charge in [0.05, 0.1) is 18.8 Å². The van der Waals surface area contributed by atoms with Gasteiger partial charge < -0.3 is 15.2 Å². The molecular weight excluding hydrogens is 238 g/mol. The predicted octanol–water partition coefficient (Wildman–Crippen LogP) is 2.86. The lowest BCUT2D eigenvalue weighted by Crippen LogP contribution is -2.37. The van der Waals surface area contributed by atoms with E-state index in [0.29, 0.717) is 30.7 Å². The fourth-order valence-corrected chi connectivity index (χ4v) is 3.45. The summed E-state index contributed by atoms with van der Waals surface area (Å²) in [5.74, 6) is 0. The van der Waals surface area contributed by atoms with E-state index in [9.17, 15) is 5.11 Å². The topological polar surface area (TPSA) is 41.5 Å². The quantitative estimate of drug-likeness (QED) is 0.779. The summed E-state index contributed by atoms with van der Waals surface area (Å²) in [4.78, 5) is 0. The molecule has 0 spiro atoms. The maximum Gasteiger partial charge on any atom is 0.0897 e. The average molecular weight is 269 g/mol. The number of rotatable bonds is 6. The minimum Gasteiger partial charge on any atom is -0.389 e. The third-order valence-corrected chi connectivity index (χ3v) is 4.69. The standard InChI is InChI=1S/C16H31NO2/c1-16(2)9-8-13(10-16)17-11-14(18)12-19-15-6-4-3-5-7-15/h13-15,17-18H,3-12H2,1-2H3. The van der Waals surface area contributed by atoms with Gasteiger partial charge in [-0.1, -0.05) is 33.1 Å². The highest BCUT2D eigenvalue weighted by Gasteiger charge is 2.30. The zero-order chi connectivity index (χ0) is 13.7. The predicted molar refractivity (Wildman–Crippen MR) is 78.3 cm³/mol. The summed E-state index contributed by atoms with van der Waals surface area (Å²) in [5.41, 5.74) is 0.473. The third kappa shape index (κ3) is 5.41. The molecule has 2 fully saturated rings. The molecular formula is C16H31NO2. The molecule has 2 unspecified atom stereocenters. The molecule has 3 nitrogen and oxygen atoms in total. The van der Waals surface area contributed by atoms with Crippen LogP contribution in [0.15, 0.2) is 0 Å². The summed E-state index contributed by atoms with van der Waals surface area (Å²) >= 11 is 0. The lowest BCUT2D eigenvalue weighted by molar-refractivity contribution is -0.0236. The van der Waals surface area contributed by atoms with E-state index in [2.05, 4.69) is 19.2 Å². The summed E-state index contributed by atoms with van der Waals surface area (Å²) in [5, 5.41) is 13.5. The SMILES string of the molecule is CC1(C)CCC(NCC(O)COC2CCCCC2)C1.